The van der Waals surface area contributed by atoms with E-state index in [0.717, 1.165) is 12.5 Å². The average molecular weight is 329 g/mol. The number of guanidine groups is 1. The molecular formula is C10H24IN3O. The predicted octanol–water partition coefficient (Wildman–Crippen LogP) is 1.20. The summed E-state index contributed by atoms with van der Waals surface area (Å²) in [5.41, 5.74) is 0. The minimum atomic E-state index is 0. The van der Waals surface area contributed by atoms with Gasteiger partial charge in [0.05, 0.1) is 0 Å². The summed E-state index contributed by atoms with van der Waals surface area (Å²) >= 11 is 0. The summed E-state index contributed by atoms with van der Waals surface area (Å²) in [5, 5.41) is 15.2. The molecule has 0 spiro atoms. The zero-order valence-electron chi connectivity index (χ0n) is 10.1. The second-order valence-electron chi connectivity index (χ2n) is 3.81. The van der Waals surface area contributed by atoms with E-state index in [2.05, 4.69) is 29.5 Å². The van der Waals surface area contributed by atoms with E-state index in [0.29, 0.717) is 12.6 Å². The fraction of sp³-hybridized carbons (Fsp3) is 0.900. The Balaban J connectivity index is 0. The lowest BCUT2D eigenvalue weighted by molar-refractivity contribution is 0.241. The number of hydrogen-bond acceptors (Lipinski definition) is 2. The third kappa shape index (κ3) is 10.2. The van der Waals surface area contributed by atoms with Gasteiger partial charge in [0.15, 0.2) is 5.96 Å². The van der Waals surface area contributed by atoms with Crippen molar-refractivity contribution in [1.82, 2.24) is 10.6 Å². The lowest BCUT2D eigenvalue weighted by atomic mass is 10.2. The third-order valence-electron chi connectivity index (χ3n) is 1.64. The first-order valence-electron chi connectivity index (χ1n) is 5.25. The third-order valence-corrected chi connectivity index (χ3v) is 1.64. The number of aliphatic imine (C=N–C) groups is 1. The molecule has 92 valence electrons. The minimum Gasteiger partial charge on any atom is -0.396 e. The van der Waals surface area contributed by atoms with Crippen LogP contribution in [0.4, 0.5) is 0 Å². The molecule has 0 radical (unpaired) electrons. The Kier molecular flexibility index (Phi) is 12.1. The molecule has 15 heavy (non-hydrogen) atoms. The Bertz CT molecular complexity index is 174. The van der Waals surface area contributed by atoms with Gasteiger partial charge >= 0.3 is 0 Å². The number of nitrogens with one attached hydrogen (secondary N) is 2. The van der Waals surface area contributed by atoms with Crippen LogP contribution in [0.15, 0.2) is 4.99 Å². The van der Waals surface area contributed by atoms with Crippen molar-refractivity contribution in [3.8, 4) is 0 Å². The summed E-state index contributed by atoms with van der Waals surface area (Å²) in [6.07, 6.45) is 0. The smallest absolute Gasteiger partial charge is 0.191 e. The molecule has 1 atom stereocenters. The van der Waals surface area contributed by atoms with E-state index in [-0.39, 0.29) is 36.5 Å². The van der Waals surface area contributed by atoms with E-state index < -0.39 is 0 Å². The SMILES string of the molecule is CCNC(=NCC(C)CO)NC(C)C.I. The summed E-state index contributed by atoms with van der Waals surface area (Å²) in [4.78, 5) is 4.36. The molecule has 0 rings (SSSR count). The highest BCUT2D eigenvalue weighted by Gasteiger charge is 2.01. The Morgan fingerprint density at radius 3 is 2.33 bits per heavy atom. The highest BCUT2D eigenvalue weighted by Crippen LogP contribution is 1.92. The van der Waals surface area contributed by atoms with Gasteiger partial charge in [-0.3, -0.25) is 4.99 Å². The van der Waals surface area contributed by atoms with Gasteiger partial charge in [0, 0.05) is 25.7 Å². The van der Waals surface area contributed by atoms with Crippen LogP contribution in [0.2, 0.25) is 0 Å². The van der Waals surface area contributed by atoms with Crippen molar-refractivity contribution >= 4 is 29.9 Å². The van der Waals surface area contributed by atoms with E-state index in [4.69, 9.17) is 5.11 Å². The van der Waals surface area contributed by atoms with E-state index >= 15 is 0 Å². The normalized spacial score (nSPS) is 13.3. The number of nitrogens with zero attached hydrogens (tertiary/aromatic N) is 1. The maximum atomic E-state index is 8.85. The summed E-state index contributed by atoms with van der Waals surface area (Å²) < 4.78 is 0. The van der Waals surface area contributed by atoms with E-state index in [1.54, 1.807) is 0 Å². The van der Waals surface area contributed by atoms with Crippen molar-refractivity contribution in [1.29, 1.82) is 0 Å². The molecule has 0 aromatic carbocycles. The molecule has 0 bridgehead atoms. The van der Waals surface area contributed by atoms with E-state index in [9.17, 15) is 0 Å². The number of aliphatic hydroxyl groups is 1. The van der Waals surface area contributed by atoms with E-state index in [1.807, 2.05) is 13.8 Å². The molecule has 0 amide bonds. The summed E-state index contributed by atoms with van der Waals surface area (Å²) in [5.74, 6) is 1.04. The predicted molar refractivity (Wildman–Crippen MR) is 75.9 cm³/mol. The van der Waals surface area contributed by atoms with Crippen LogP contribution in [0.5, 0.6) is 0 Å². The van der Waals surface area contributed by atoms with Crippen molar-refractivity contribution in [3.05, 3.63) is 0 Å². The monoisotopic (exact) mass is 329 g/mol. The van der Waals surface area contributed by atoms with Gasteiger partial charge in [-0.1, -0.05) is 6.92 Å². The standard InChI is InChI=1S/C10H23N3O.HI/c1-5-11-10(13-8(2)3)12-6-9(4)7-14;/h8-9,14H,5-7H2,1-4H3,(H2,11,12,13);1H. The highest BCUT2D eigenvalue weighted by atomic mass is 127. The van der Waals surface area contributed by atoms with Gasteiger partial charge in [0.25, 0.3) is 0 Å². The van der Waals surface area contributed by atoms with Crippen molar-refractivity contribution in [2.75, 3.05) is 19.7 Å². The lowest BCUT2D eigenvalue weighted by Crippen LogP contribution is -2.41. The topological polar surface area (TPSA) is 56.7 Å². The van der Waals surface area contributed by atoms with Gasteiger partial charge in [-0.15, -0.1) is 24.0 Å². The van der Waals surface area contributed by atoms with Crippen LogP contribution in [0.1, 0.15) is 27.7 Å². The van der Waals surface area contributed by atoms with Crippen LogP contribution in [-0.4, -0.2) is 36.8 Å². The molecule has 1 unspecified atom stereocenters. The quantitative estimate of drug-likeness (QED) is 0.404. The van der Waals surface area contributed by atoms with E-state index in [1.165, 1.54) is 0 Å². The van der Waals surface area contributed by atoms with Gasteiger partial charge < -0.3 is 15.7 Å². The molecule has 5 heteroatoms. The molecule has 0 saturated carbocycles. The second-order valence-corrected chi connectivity index (χ2v) is 3.81. The Labute approximate surface area is 110 Å². The van der Waals surface area contributed by atoms with Crippen molar-refractivity contribution in [2.45, 2.75) is 33.7 Å². The van der Waals surface area contributed by atoms with Crippen molar-refractivity contribution < 1.29 is 5.11 Å². The fourth-order valence-electron chi connectivity index (χ4n) is 0.898. The van der Waals surface area contributed by atoms with Crippen LogP contribution in [0.3, 0.4) is 0 Å². The molecule has 0 fully saturated rings. The van der Waals surface area contributed by atoms with Gasteiger partial charge in [0.2, 0.25) is 0 Å². The van der Waals surface area contributed by atoms with Crippen molar-refractivity contribution in [3.63, 3.8) is 0 Å². The van der Waals surface area contributed by atoms with Crippen LogP contribution in [0, 0.1) is 5.92 Å². The summed E-state index contributed by atoms with van der Waals surface area (Å²) in [6, 6.07) is 0.372. The number of halogens is 1. The number of aliphatic hydroxyl groups excluding tert-OH is 1. The minimum absolute atomic E-state index is 0. The first-order valence-corrected chi connectivity index (χ1v) is 5.25. The lowest BCUT2D eigenvalue weighted by Gasteiger charge is -2.14. The molecule has 3 N–H and O–H groups in total. The van der Waals surface area contributed by atoms with Gasteiger partial charge in [-0.25, -0.2) is 0 Å². The van der Waals surface area contributed by atoms with Gasteiger partial charge in [0.1, 0.15) is 0 Å². The maximum absolute atomic E-state index is 8.85. The second kappa shape index (κ2) is 10.5. The molecule has 0 heterocycles. The Morgan fingerprint density at radius 2 is 1.93 bits per heavy atom. The Hall–Kier alpha value is -0.0400. The molecule has 0 aromatic rings. The maximum Gasteiger partial charge on any atom is 0.191 e. The summed E-state index contributed by atoms with van der Waals surface area (Å²) in [7, 11) is 0. The number of hydrogen-bond donors (Lipinski definition) is 3. The number of rotatable bonds is 5. The molecule has 4 nitrogen and oxygen atoms in total. The zero-order chi connectivity index (χ0) is 11.0. The zero-order valence-corrected chi connectivity index (χ0v) is 12.4. The first-order chi connectivity index (χ1) is 6.60. The molecule has 0 aliphatic rings. The molecule has 0 saturated heterocycles. The van der Waals surface area contributed by atoms with Crippen LogP contribution >= 0.6 is 24.0 Å². The molecule has 0 aliphatic heterocycles. The first kappa shape index (κ1) is 17.4. The highest BCUT2D eigenvalue weighted by molar-refractivity contribution is 14.0. The Morgan fingerprint density at radius 1 is 1.33 bits per heavy atom. The molecule has 0 aromatic heterocycles. The van der Waals surface area contributed by atoms with Crippen LogP contribution in [-0.2, 0) is 0 Å². The van der Waals surface area contributed by atoms with Gasteiger partial charge in [-0.2, -0.15) is 0 Å². The molecule has 0 aliphatic carbocycles. The van der Waals surface area contributed by atoms with Crippen molar-refractivity contribution in [2.24, 2.45) is 10.9 Å². The molecular weight excluding hydrogens is 305 g/mol. The van der Waals surface area contributed by atoms with Crippen LogP contribution < -0.4 is 10.6 Å². The summed E-state index contributed by atoms with van der Waals surface area (Å²) in [6.45, 7) is 9.84. The van der Waals surface area contributed by atoms with Gasteiger partial charge in [-0.05, 0) is 26.7 Å². The fourth-order valence-corrected chi connectivity index (χ4v) is 0.898. The largest absolute Gasteiger partial charge is 0.396 e. The average Bonchev–Trinajstić information content (AvgIpc) is 2.13. The van der Waals surface area contributed by atoms with Crippen LogP contribution in [0.25, 0.3) is 0 Å².